The maximum absolute atomic E-state index is 11.5. The van der Waals surface area contributed by atoms with Crippen molar-refractivity contribution in [3.05, 3.63) is 73.8 Å². The zero-order chi connectivity index (χ0) is 20.1. The first kappa shape index (κ1) is 19.0. The normalized spacial score (nSPS) is 14.4. The molecule has 1 fully saturated rings. The van der Waals surface area contributed by atoms with Crippen LogP contribution in [0, 0.1) is 31.6 Å². The number of nitro groups is 2. The fraction of sp³-hybridized carbons (Fsp3) is 0.211. The molecule has 0 unspecified atom stereocenters. The molecule has 2 aromatic carbocycles. The average Bonchev–Trinajstić information content (AvgIpc) is 2.72. The van der Waals surface area contributed by atoms with Crippen molar-refractivity contribution in [2.24, 2.45) is 0 Å². The van der Waals surface area contributed by atoms with Gasteiger partial charge in [0.15, 0.2) is 0 Å². The Morgan fingerprint density at radius 1 is 1.11 bits per heavy atom. The Balaban J connectivity index is 1.99. The van der Waals surface area contributed by atoms with Crippen LogP contribution in [0.5, 0.6) is 0 Å². The summed E-state index contributed by atoms with van der Waals surface area (Å²) >= 11 is 0. The summed E-state index contributed by atoms with van der Waals surface area (Å²) in [5, 5.41) is 32.0. The monoisotopic (exact) mass is 380 g/mol. The van der Waals surface area contributed by atoms with Crippen LogP contribution in [-0.4, -0.2) is 36.1 Å². The molecule has 0 saturated carbocycles. The van der Waals surface area contributed by atoms with Gasteiger partial charge in [-0.2, -0.15) is 5.26 Å². The lowest BCUT2D eigenvalue weighted by Crippen LogP contribution is -2.36. The highest BCUT2D eigenvalue weighted by molar-refractivity contribution is 5.90. The number of hydrogen-bond acceptors (Lipinski definition) is 7. The van der Waals surface area contributed by atoms with Gasteiger partial charge in [-0.15, -0.1) is 0 Å². The van der Waals surface area contributed by atoms with Gasteiger partial charge in [0.1, 0.15) is 5.69 Å². The topological polar surface area (TPSA) is 123 Å². The quantitative estimate of drug-likeness (QED) is 0.337. The minimum Gasteiger partial charge on any atom is -0.378 e. The number of nitriles is 1. The second-order valence-corrected chi connectivity index (χ2v) is 6.08. The number of benzene rings is 2. The summed E-state index contributed by atoms with van der Waals surface area (Å²) < 4.78 is 5.28. The molecule has 0 aromatic heterocycles. The van der Waals surface area contributed by atoms with Crippen molar-refractivity contribution >= 4 is 28.7 Å². The van der Waals surface area contributed by atoms with Gasteiger partial charge in [0, 0.05) is 31.3 Å². The SMILES string of the molecule is N#CC(=Cc1ccc(N2CCOCC2)c([N+](=O)[O-])c1)c1cccc([N+](=O)[O-])c1. The van der Waals surface area contributed by atoms with Gasteiger partial charge in [-0.25, -0.2) is 0 Å². The van der Waals surface area contributed by atoms with Gasteiger partial charge in [0.05, 0.1) is 34.7 Å². The lowest BCUT2D eigenvalue weighted by atomic mass is 10.0. The van der Waals surface area contributed by atoms with Crippen LogP contribution in [-0.2, 0) is 4.74 Å². The molecule has 2 aromatic rings. The highest BCUT2D eigenvalue weighted by atomic mass is 16.6. The maximum atomic E-state index is 11.5. The van der Waals surface area contributed by atoms with Crippen LogP contribution >= 0.6 is 0 Å². The summed E-state index contributed by atoms with van der Waals surface area (Å²) in [5.41, 5.74) is 1.32. The average molecular weight is 380 g/mol. The molecule has 28 heavy (non-hydrogen) atoms. The third kappa shape index (κ3) is 4.13. The van der Waals surface area contributed by atoms with E-state index < -0.39 is 9.85 Å². The lowest BCUT2D eigenvalue weighted by Gasteiger charge is -2.28. The van der Waals surface area contributed by atoms with E-state index in [1.54, 1.807) is 18.2 Å². The van der Waals surface area contributed by atoms with E-state index in [0.717, 1.165) is 0 Å². The van der Waals surface area contributed by atoms with Crippen molar-refractivity contribution < 1.29 is 14.6 Å². The molecule has 0 bridgehead atoms. The third-order valence-corrected chi connectivity index (χ3v) is 4.35. The number of anilines is 1. The van der Waals surface area contributed by atoms with Crippen LogP contribution in [0.2, 0.25) is 0 Å². The predicted octanol–water partition coefficient (Wildman–Crippen LogP) is 3.40. The van der Waals surface area contributed by atoms with E-state index in [1.165, 1.54) is 30.3 Å². The second kappa shape index (κ2) is 8.28. The van der Waals surface area contributed by atoms with E-state index in [1.807, 2.05) is 11.0 Å². The van der Waals surface area contributed by atoms with Crippen LogP contribution < -0.4 is 4.90 Å². The van der Waals surface area contributed by atoms with Crippen LogP contribution in [0.25, 0.3) is 11.6 Å². The lowest BCUT2D eigenvalue weighted by molar-refractivity contribution is -0.384. The first-order chi connectivity index (χ1) is 13.5. The summed E-state index contributed by atoms with van der Waals surface area (Å²) in [6.07, 6.45) is 1.48. The standard InChI is InChI=1S/C19H16N4O5/c20-13-16(15-2-1-3-17(12-15)22(24)25)10-14-4-5-18(19(11-14)23(26)27)21-6-8-28-9-7-21/h1-5,10-12H,6-9H2. The fourth-order valence-corrected chi connectivity index (χ4v) is 2.98. The molecule has 1 heterocycles. The first-order valence-corrected chi connectivity index (χ1v) is 8.47. The molecule has 0 N–H and O–H groups in total. The van der Waals surface area contributed by atoms with Gasteiger partial charge in [0.25, 0.3) is 11.4 Å². The molecule has 1 aliphatic heterocycles. The molecule has 9 nitrogen and oxygen atoms in total. The third-order valence-electron chi connectivity index (χ3n) is 4.35. The number of non-ortho nitro benzene ring substituents is 1. The van der Waals surface area contributed by atoms with E-state index in [9.17, 15) is 25.5 Å². The van der Waals surface area contributed by atoms with Crippen molar-refractivity contribution in [3.63, 3.8) is 0 Å². The van der Waals surface area contributed by atoms with Crippen molar-refractivity contribution in [3.8, 4) is 6.07 Å². The molecular formula is C19H16N4O5. The molecule has 142 valence electrons. The summed E-state index contributed by atoms with van der Waals surface area (Å²) in [6, 6.07) is 12.4. The Morgan fingerprint density at radius 2 is 1.86 bits per heavy atom. The molecule has 0 amide bonds. The van der Waals surface area contributed by atoms with E-state index in [-0.39, 0.29) is 16.9 Å². The molecule has 0 aliphatic carbocycles. The Bertz CT molecular complexity index is 990. The van der Waals surface area contributed by atoms with Crippen molar-refractivity contribution in [1.82, 2.24) is 0 Å². The highest BCUT2D eigenvalue weighted by Gasteiger charge is 2.21. The van der Waals surface area contributed by atoms with Crippen molar-refractivity contribution in [2.75, 3.05) is 31.2 Å². The zero-order valence-electron chi connectivity index (χ0n) is 14.8. The molecule has 3 rings (SSSR count). The van der Waals surface area contributed by atoms with E-state index in [0.29, 0.717) is 43.1 Å². The largest absolute Gasteiger partial charge is 0.378 e. The van der Waals surface area contributed by atoms with Crippen LogP contribution in [0.15, 0.2) is 42.5 Å². The Labute approximate surface area is 160 Å². The van der Waals surface area contributed by atoms with Gasteiger partial charge in [-0.3, -0.25) is 20.2 Å². The van der Waals surface area contributed by atoms with E-state index in [2.05, 4.69) is 0 Å². The van der Waals surface area contributed by atoms with Gasteiger partial charge in [-0.1, -0.05) is 18.2 Å². The molecule has 0 spiro atoms. The van der Waals surface area contributed by atoms with Gasteiger partial charge < -0.3 is 9.64 Å². The number of rotatable bonds is 5. The van der Waals surface area contributed by atoms with E-state index >= 15 is 0 Å². The second-order valence-electron chi connectivity index (χ2n) is 6.08. The van der Waals surface area contributed by atoms with Crippen LogP contribution in [0.4, 0.5) is 17.1 Å². The molecule has 1 aliphatic rings. The molecule has 0 radical (unpaired) electrons. The van der Waals surface area contributed by atoms with Crippen LogP contribution in [0.1, 0.15) is 11.1 Å². The number of ether oxygens (including phenoxy) is 1. The summed E-state index contributed by atoms with van der Waals surface area (Å²) in [4.78, 5) is 23.4. The minimum atomic E-state index is -0.541. The highest BCUT2D eigenvalue weighted by Crippen LogP contribution is 2.31. The molecular weight excluding hydrogens is 364 g/mol. The fourth-order valence-electron chi connectivity index (χ4n) is 2.98. The zero-order valence-corrected chi connectivity index (χ0v) is 14.8. The van der Waals surface area contributed by atoms with Crippen molar-refractivity contribution in [1.29, 1.82) is 5.26 Å². The predicted molar refractivity (Wildman–Crippen MR) is 103 cm³/mol. The maximum Gasteiger partial charge on any atom is 0.293 e. The smallest absolute Gasteiger partial charge is 0.293 e. The summed E-state index contributed by atoms with van der Waals surface area (Å²) in [6.45, 7) is 2.13. The molecule has 1 saturated heterocycles. The number of nitro benzene ring substituents is 2. The minimum absolute atomic E-state index is 0.0630. The summed E-state index contributed by atoms with van der Waals surface area (Å²) in [7, 11) is 0. The summed E-state index contributed by atoms with van der Waals surface area (Å²) in [5.74, 6) is 0. The Kier molecular flexibility index (Phi) is 5.62. The van der Waals surface area contributed by atoms with E-state index in [4.69, 9.17) is 4.74 Å². The van der Waals surface area contributed by atoms with Crippen LogP contribution in [0.3, 0.4) is 0 Å². The van der Waals surface area contributed by atoms with Gasteiger partial charge >= 0.3 is 0 Å². The number of hydrogen-bond donors (Lipinski definition) is 0. The van der Waals surface area contributed by atoms with Gasteiger partial charge in [0.2, 0.25) is 0 Å². The number of allylic oxidation sites excluding steroid dienone is 1. The molecule has 9 heteroatoms. The van der Waals surface area contributed by atoms with Gasteiger partial charge in [-0.05, 0) is 23.3 Å². The Morgan fingerprint density at radius 3 is 2.50 bits per heavy atom. The first-order valence-electron chi connectivity index (χ1n) is 8.47. The number of morpholine rings is 1. The molecule has 0 atom stereocenters. The Hall–Kier alpha value is -3.77. The number of nitrogens with zero attached hydrogens (tertiary/aromatic N) is 4. The van der Waals surface area contributed by atoms with Crippen molar-refractivity contribution in [2.45, 2.75) is 0 Å².